The molecule has 7 heteroatoms. The van der Waals surface area contributed by atoms with Gasteiger partial charge in [-0.25, -0.2) is 4.98 Å². The Balaban J connectivity index is 1.63. The first-order valence-electron chi connectivity index (χ1n) is 10.6. The van der Waals surface area contributed by atoms with E-state index in [4.69, 9.17) is 5.73 Å². The molecule has 3 aromatic rings. The van der Waals surface area contributed by atoms with Crippen LogP contribution in [-0.4, -0.2) is 33.9 Å². The standard InChI is InChI=1S/C24H29N5O2/c1-15-5-4-6-19(16(15)2)21-14-28(3)24(31)23(27-21)26-17-7-8-22(20(25)13-17)29-11-9-18(30)10-12-29/h4-8,13-14,18,30H,9-12,25H2,1-3H3,(H,26,27). The molecule has 7 nitrogen and oxygen atoms in total. The maximum atomic E-state index is 12.7. The van der Waals surface area contributed by atoms with Gasteiger partial charge in [-0.3, -0.25) is 4.79 Å². The molecule has 0 aliphatic carbocycles. The van der Waals surface area contributed by atoms with Crippen LogP contribution in [0, 0.1) is 13.8 Å². The number of aryl methyl sites for hydroxylation is 2. The molecule has 0 atom stereocenters. The lowest BCUT2D eigenvalue weighted by Gasteiger charge is -2.32. The second-order valence-corrected chi connectivity index (χ2v) is 8.26. The number of hydrogen-bond acceptors (Lipinski definition) is 6. The number of nitrogens with zero attached hydrogens (tertiary/aromatic N) is 3. The molecule has 2 heterocycles. The Kier molecular flexibility index (Phi) is 5.69. The van der Waals surface area contributed by atoms with E-state index < -0.39 is 0 Å². The first kappa shape index (κ1) is 20.9. The van der Waals surface area contributed by atoms with Crippen LogP contribution in [0.5, 0.6) is 0 Å². The quantitative estimate of drug-likeness (QED) is 0.561. The van der Waals surface area contributed by atoms with Gasteiger partial charge in [0.25, 0.3) is 5.56 Å². The maximum Gasteiger partial charge on any atom is 0.293 e. The summed E-state index contributed by atoms with van der Waals surface area (Å²) >= 11 is 0. The summed E-state index contributed by atoms with van der Waals surface area (Å²) in [6.45, 7) is 5.67. The Morgan fingerprint density at radius 1 is 1.16 bits per heavy atom. The van der Waals surface area contributed by atoms with E-state index in [2.05, 4.69) is 35.1 Å². The number of nitrogens with one attached hydrogen (secondary N) is 1. The molecule has 0 unspecified atom stereocenters. The minimum atomic E-state index is -0.231. The van der Waals surface area contributed by atoms with Crippen LogP contribution in [-0.2, 0) is 7.05 Å². The first-order valence-corrected chi connectivity index (χ1v) is 10.6. The molecule has 1 fully saturated rings. The summed E-state index contributed by atoms with van der Waals surface area (Å²) in [4.78, 5) is 19.5. The average Bonchev–Trinajstić information content (AvgIpc) is 2.74. The lowest BCUT2D eigenvalue weighted by atomic mass is 10.0. The van der Waals surface area contributed by atoms with Crippen LogP contribution in [0.1, 0.15) is 24.0 Å². The Morgan fingerprint density at radius 2 is 1.90 bits per heavy atom. The summed E-state index contributed by atoms with van der Waals surface area (Å²) < 4.78 is 1.54. The third kappa shape index (κ3) is 4.27. The summed E-state index contributed by atoms with van der Waals surface area (Å²) in [5, 5.41) is 12.9. The van der Waals surface area contributed by atoms with Gasteiger partial charge in [0.15, 0.2) is 5.82 Å². The second-order valence-electron chi connectivity index (χ2n) is 8.26. The van der Waals surface area contributed by atoms with Crippen LogP contribution in [0.15, 0.2) is 47.4 Å². The third-order valence-electron chi connectivity index (χ3n) is 6.05. The normalized spacial score (nSPS) is 14.6. The molecular formula is C24H29N5O2. The monoisotopic (exact) mass is 419 g/mol. The second kappa shape index (κ2) is 8.43. The van der Waals surface area contributed by atoms with Crippen LogP contribution in [0.4, 0.5) is 22.9 Å². The molecule has 0 bridgehead atoms. The molecule has 2 aromatic carbocycles. The minimum Gasteiger partial charge on any atom is -0.397 e. The Hall–Kier alpha value is -3.32. The number of hydrogen-bond donors (Lipinski definition) is 3. The lowest BCUT2D eigenvalue weighted by Crippen LogP contribution is -2.36. The Morgan fingerprint density at radius 3 is 2.61 bits per heavy atom. The van der Waals surface area contributed by atoms with Gasteiger partial charge in [-0.1, -0.05) is 18.2 Å². The number of nitrogen functional groups attached to an aromatic ring is 1. The summed E-state index contributed by atoms with van der Waals surface area (Å²) in [6.07, 6.45) is 3.01. The number of aliphatic hydroxyl groups excluding tert-OH is 1. The molecule has 1 aliphatic rings. The van der Waals surface area contributed by atoms with Crippen LogP contribution >= 0.6 is 0 Å². The van der Waals surface area contributed by atoms with Gasteiger partial charge in [0.05, 0.1) is 23.2 Å². The molecule has 1 aromatic heterocycles. The highest BCUT2D eigenvalue weighted by Gasteiger charge is 2.19. The van der Waals surface area contributed by atoms with E-state index in [1.165, 1.54) is 5.56 Å². The van der Waals surface area contributed by atoms with Gasteiger partial charge in [-0.15, -0.1) is 0 Å². The van der Waals surface area contributed by atoms with Crippen molar-refractivity contribution in [2.75, 3.05) is 29.0 Å². The van der Waals surface area contributed by atoms with Crippen molar-refractivity contribution < 1.29 is 5.11 Å². The molecule has 0 radical (unpaired) electrons. The fourth-order valence-corrected chi connectivity index (χ4v) is 4.01. The number of rotatable bonds is 4. The number of aromatic nitrogens is 2. The predicted molar refractivity (Wildman–Crippen MR) is 126 cm³/mol. The van der Waals surface area contributed by atoms with Crippen LogP contribution in [0.3, 0.4) is 0 Å². The number of piperidine rings is 1. The molecule has 31 heavy (non-hydrogen) atoms. The third-order valence-corrected chi connectivity index (χ3v) is 6.05. The minimum absolute atomic E-state index is 0.207. The number of aliphatic hydroxyl groups is 1. The van der Waals surface area contributed by atoms with Gasteiger partial charge >= 0.3 is 0 Å². The van der Waals surface area contributed by atoms with Gasteiger partial charge in [-0.2, -0.15) is 0 Å². The lowest BCUT2D eigenvalue weighted by molar-refractivity contribution is 0.145. The molecule has 1 saturated heterocycles. The van der Waals surface area contributed by atoms with Crippen molar-refractivity contribution in [2.45, 2.75) is 32.8 Å². The molecule has 4 rings (SSSR count). The maximum absolute atomic E-state index is 12.7. The smallest absolute Gasteiger partial charge is 0.293 e. The fraction of sp³-hybridized carbons (Fsp3) is 0.333. The molecule has 1 aliphatic heterocycles. The van der Waals surface area contributed by atoms with Gasteiger partial charge in [-0.05, 0) is 56.0 Å². The highest BCUT2D eigenvalue weighted by molar-refractivity contribution is 5.75. The van der Waals surface area contributed by atoms with Crippen molar-refractivity contribution in [2.24, 2.45) is 7.05 Å². The van der Waals surface area contributed by atoms with Gasteiger partial charge < -0.3 is 25.6 Å². The van der Waals surface area contributed by atoms with E-state index in [9.17, 15) is 9.90 Å². The number of anilines is 4. The topological polar surface area (TPSA) is 96.4 Å². The van der Waals surface area contributed by atoms with Crippen molar-refractivity contribution in [3.8, 4) is 11.3 Å². The van der Waals surface area contributed by atoms with Crippen molar-refractivity contribution in [1.29, 1.82) is 0 Å². The van der Waals surface area contributed by atoms with E-state index in [1.54, 1.807) is 17.8 Å². The molecule has 0 spiro atoms. The molecule has 162 valence electrons. The average molecular weight is 420 g/mol. The zero-order valence-electron chi connectivity index (χ0n) is 18.2. The van der Waals surface area contributed by atoms with E-state index in [0.717, 1.165) is 48.4 Å². The highest BCUT2D eigenvalue weighted by Crippen LogP contribution is 2.30. The highest BCUT2D eigenvalue weighted by atomic mass is 16.3. The van der Waals surface area contributed by atoms with Crippen LogP contribution in [0.25, 0.3) is 11.3 Å². The largest absolute Gasteiger partial charge is 0.397 e. The Labute approximate surface area is 182 Å². The van der Waals surface area contributed by atoms with E-state index in [1.807, 2.05) is 30.3 Å². The zero-order chi connectivity index (χ0) is 22.1. The molecule has 0 saturated carbocycles. The van der Waals surface area contributed by atoms with E-state index in [-0.39, 0.29) is 17.5 Å². The van der Waals surface area contributed by atoms with Crippen LogP contribution in [0.2, 0.25) is 0 Å². The van der Waals surface area contributed by atoms with Crippen molar-refractivity contribution in [1.82, 2.24) is 9.55 Å². The molecule has 4 N–H and O–H groups in total. The van der Waals surface area contributed by atoms with Crippen LogP contribution < -0.4 is 21.5 Å². The first-order chi connectivity index (χ1) is 14.8. The van der Waals surface area contributed by atoms with Crippen molar-refractivity contribution in [3.05, 3.63) is 64.1 Å². The van der Waals surface area contributed by atoms with Gasteiger partial charge in [0, 0.05) is 37.6 Å². The SMILES string of the molecule is Cc1cccc(-c2cn(C)c(=O)c(Nc3ccc(N4CCC(O)CC4)c(N)c3)n2)c1C. The van der Waals surface area contributed by atoms with E-state index >= 15 is 0 Å². The van der Waals surface area contributed by atoms with E-state index in [0.29, 0.717) is 11.4 Å². The molecular weight excluding hydrogens is 390 g/mol. The molecule has 0 amide bonds. The summed E-state index contributed by atoms with van der Waals surface area (Å²) in [6, 6.07) is 11.8. The fourth-order valence-electron chi connectivity index (χ4n) is 4.01. The zero-order valence-corrected chi connectivity index (χ0v) is 18.2. The summed E-state index contributed by atoms with van der Waals surface area (Å²) in [5.74, 6) is 0.258. The van der Waals surface area contributed by atoms with Gasteiger partial charge in [0.1, 0.15) is 0 Å². The Bertz CT molecular complexity index is 1160. The van der Waals surface area contributed by atoms with Gasteiger partial charge in [0.2, 0.25) is 0 Å². The number of nitrogens with two attached hydrogens (primary N) is 1. The number of benzene rings is 2. The summed E-state index contributed by atoms with van der Waals surface area (Å²) in [5.41, 5.74) is 12.5. The van der Waals surface area contributed by atoms with Crippen molar-refractivity contribution in [3.63, 3.8) is 0 Å². The van der Waals surface area contributed by atoms with Crippen molar-refractivity contribution >= 4 is 22.9 Å². The predicted octanol–water partition coefficient (Wildman–Crippen LogP) is 3.35. The summed E-state index contributed by atoms with van der Waals surface area (Å²) in [7, 11) is 1.73.